The van der Waals surface area contributed by atoms with Crippen LogP contribution in [0.4, 0.5) is 5.69 Å². The van der Waals surface area contributed by atoms with Gasteiger partial charge in [-0.1, -0.05) is 11.6 Å². The van der Waals surface area contributed by atoms with Gasteiger partial charge in [-0.25, -0.2) is 0 Å². The maximum atomic E-state index is 11.5. The average molecular weight is 257 g/mol. The molecule has 17 heavy (non-hydrogen) atoms. The van der Waals surface area contributed by atoms with Crippen LogP contribution < -0.4 is 15.4 Å². The number of benzene rings is 1. The molecule has 1 rings (SSSR count). The third kappa shape index (κ3) is 2.68. The standard InChI is InChI=1S/C11H13ClN2O3/c1-6-4-7(12)5-8(9(6)17-3)14(2)11(16)10(13)15/h4-5H,1-3H3,(H2,13,15). The van der Waals surface area contributed by atoms with E-state index in [1.54, 1.807) is 13.0 Å². The normalized spacial score (nSPS) is 9.88. The smallest absolute Gasteiger partial charge is 0.315 e. The number of nitrogens with two attached hydrogens (primary N) is 1. The summed E-state index contributed by atoms with van der Waals surface area (Å²) in [5, 5.41) is 0.447. The summed E-state index contributed by atoms with van der Waals surface area (Å²) in [6.45, 7) is 1.79. The van der Waals surface area contributed by atoms with E-state index in [0.717, 1.165) is 10.5 Å². The Kier molecular flexibility index (Phi) is 3.96. The van der Waals surface area contributed by atoms with Gasteiger partial charge in [0.05, 0.1) is 12.8 Å². The lowest BCUT2D eigenvalue weighted by Crippen LogP contribution is -2.37. The minimum Gasteiger partial charge on any atom is -0.494 e. The average Bonchev–Trinajstić information content (AvgIpc) is 2.25. The molecule has 1 aromatic rings. The summed E-state index contributed by atoms with van der Waals surface area (Å²) in [6.07, 6.45) is 0. The maximum absolute atomic E-state index is 11.5. The highest BCUT2D eigenvalue weighted by atomic mass is 35.5. The van der Waals surface area contributed by atoms with Gasteiger partial charge in [-0.2, -0.15) is 0 Å². The minimum absolute atomic E-state index is 0.404. The molecule has 5 nitrogen and oxygen atoms in total. The van der Waals surface area contributed by atoms with E-state index in [0.29, 0.717) is 16.5 Å². The minimum atomic E-state index is -1.04. The van der Waals surface area contributed by atoms with Crippen molar-refractivity contribution in [1.82, 2.24) is 0 Å². The number of ether oxygens (including phenoxy) is 1. The van der Waals surface area contributed by atoms with Crippen LogP contribution in [0.15, 0.2) is 12.1 Å². The van der Waals surface area contributed by atoms with Crippen LogP contribution in [0.5, 0.6) is 5.75 Å². The molecule has 0 aromatic heterocycles. The van der Waals surface area contributed by atoms with Crippen molar-refractivity contribution in [3.05, 3.63) is 22.7 Å². The van der Waals surface area contributed by atoms with Crippen molar-refractivity contribution in [1.29, 1.82) is 0 Å². The largest absolute Gasteiger partial charge is 0.494 e. The van der Waals surface area contributed by atoms with E-state index >= 15 is 0 Å². The summed E-state index contributed by atoms with van der Waals surface area (Å²) in [5.74, 6) is -1.39. The van der Waals surface area contributed by atoms with Gasteiger partial charge in [-0.3, -0.25) is 9.59 Å². The van der Waals surface area contributed by atoms with Crippen molar-refractivity contribution in [3.8, 4) is 5.75 Å². The predicted molar refractivity (Wildman–Crippen MR) is 65.3 cm³/mol. The van der Waals surface area contributed by atoms with Gasteiger partial charge >= 0.3 is 11.8 Å². The Morgan fingerprint density at radius 2 is 2.00 bits per heavy atom. The SMILES string of the molecule is COc1c(C)cc(Cl)cc1N(C)C(=O)C(N)=O. The highest BCUT2D eigenvalue weighted by molar-refractivity contribution is 6.40. The third-order valence-electron chi connectivity index (χ3n) is 2.30. The van der Waals surface area contributed by atoms with Gasteiger partial charge in [0.2, 0.25) is 0 Å². The van der Waals surface area contributed by atoms with Crippen LogP contribution in [0.1, 0.15) is 5.56 Å². The Labute approximate surface area is 104 Å². The molecule has 0 heterocycles. The number of hydrogen-bond donors (Lipinski definition) is 1. The van der Waals surface area contributed by atoms with Gasteiger partial charge in [-0.15, -0.1) is 0 Å². The molecule has 0 saturated heterocycles. The van der Waals surface area contributed by atoms with Gasteiger partial charge in [-0.05, 0) is 24.6 Å². The Morgan fingerprint density at radius 1 is 1.41 bits per heavy atom. The zero-order valence-electron chi connectivity index (χ0n) is 9.78. The molecule has 0 aliphatic rings. The van der Waals surface area contributed by atoms with E-state index in [1.807, 2.05) is 0 Å². The number of amides is 2. The van der Waals surface area contributed by atoms with Crippen molar-refractivity contribution < 1.29 is 14.3 Å². The summed E-state index contributed by atoms with van der Waals surface area (Å²) in [5.41, 5.74) is 6.10. The van der Waals surface area contributed by atoms with Crippen molar-refractivity contribution in [2.45, 2.75) is 6.92 Å². The molecule has 2 N–H and O–H groups in total. The van der Waals surface area contributed by atoms with Crippen LogP contribution in [0.25, 0.3) is 0 Å². The number of carbonyl (C=O) groups is 2. The summed E-state index contributed by atoms with van der Waals surface area (Å²) in [6, 6.07) is 3.24. The van der Waals surface area contributed by atoms with Crippen molar-refractivity contribution >= 4 is 29.1 Å². The lowest BCUT2D eigenvalue weighted by atomic mass is 10.1. The van der Waals surface area contributed by atoms with Crippen LogP contribution >= 0.6 is 11.6 Å². The lowest BCUT2D eigenvalue weighted by Gasteiger charge is -2.20. The second kappa shape index (κ2) is 5.05. The van der Waals surface area contributed by atoms with Crippen LogP contribution in [-0.2, 0) is 9.59 Å². The first-order chi connectivity index (χ1) is 7.88. The molecule has 92 valence electrons. The summed E-state index contributed by atoms with van der Waals surface area (Å²) in [7, 11) is 2.91. The topological polar surface area (TPSA) is 72.6 Å². The lowest BCUT2D eigenvalue weighted by molar-refractivity contribution is -0.135. The molecular formula is C11H13ClN2O3. The fourth-order valence-corrected chi connectivity index (χ4v) is 1.77. The highest BCUT2D eigenvalue weighted by Crippen LogP contribution is 2.34. The van der Waals surface area contributed by atoms with Gasteiger partial charge in [0.1, 0.15) is 5.75 Å². The van der Waals surface area contributed by atoms with Gasteiger partial charge in [0, 0.05) is 12.1 Å². The number of carbonyl (C=O) groups excluding carboxylic acids is 2. The molecule has 0 atom stereocenters. The number of hydrogen-bond acceptors (Lipinski definition) is 3. The molecular weight excluding hydrogens is 244 g/mol. The number of likely N-dealkylation sites (N-methyl/N-ethyl adjacent to an activating group) is 1. The zero-order valence-corrected chi connectivity index (χ0v) is 10.5. The third-order valence-corrected chi connectivity index (χ3v) is 2.52. The van der Waals surface area contributed by atoms with Gasteiger partial charge < -0.3 is 15.4 Å². The molecule has 0 spiro atoms. The van der Waals surface area contributed by atoms with E-state index in [1.165, 1.54) is 20.2 Å². The molecule has 0 aliphatic heterocycles. The molecule has 0 saturated carbocycles. The zero-order chi connectivity index (χ0) is 13.2. The number of halogens is 1. The summed E-state index contributed by atoms with van der Waals surface area (Å²) < 4.78 is 5.18. The molecule has 0 bridgehead atoms. The van der Waals surface area contributed by atoms with Crippen molar-refractivity contribution in [2.24, 2.45) is 5.73 Å². The number of aryl methyl sites for hydroxylation is 1. The predicted octanol–water partition coefficient (Wildman–Crippen LogP) is 1.11. The highest BCUT2D eigenvalue weighted by Gasteiger charge is 2.21. The first-order valence-corrected chi connectivity index (χ1v) is 5.18. The summed E-state index contributed by atoms with van der Waals surface area (Å²) in [4.78, 5) is 23.4. The van der Waals surface area contributed by atoms with E-state index in [2.05, 4.69) is 0 Å². The monoisotopic (exact) mass is 256 g/mol. The molecule has 0 unspecified atom stereocenters. The molecule has 2 amide bonds. The van der Waals surface area contributed by atoms with Gasteiger partial charge in [0.25, 0.3) is 0 Å². The quantitative estimate of drug-likeness (QED) is 0.806. The number of primary amides is 1. The van der Waals surface area contributed by atoms with E-state index in [-0.39, 0.29) is 0 Å². The number of nitrogens with zero attached hydrogens (tertiary/aromatic N) is 1. The molecule has 0 aliphatic carbocycles. The van der Waals surface area contributed by atoms with Crippen LogP contribution in [0, 0.1) is 6.92 Å². The second-order valence-electron chi connectivity index (χ2n) is 3.50. The van der Waals surface area contributed by atoms with Crippen molar-refractivity contribution in [2.75, 3.05) is 19.1 Å². The fraction of sp³-hybridized carbons (Fsp3) is 0.273. The summed E-state index contributed by atoms with van der Waals surface area (Å²) >= 11 is 5.90. The molecule has 0 radical (unpaired) electrons. The number of methoxy groups -OCH3 is 1. The first-order valence-electron chi connectivity index (χ1n) is 4.80. The molecule has 1 aromatic carbocycles. The van der Waals surface area contributed by atoms with Gasteiger partial charge in [0.15, 0.2) is 0 Å². The van der Waals surface area contributed by atoms with Crippen LogP contribution in [0.3, 0.4) is 0 Å². The van der Waals surface area contributed by atoms with E-state index < -0.39 is 11.8 Å². The number of anilines is 1. The van der Waals surface area contributed by atoms with E-state index in [9.17, 15) is 9.59 Å². The molecule has 0 fully saturated rings. The van der Waals surface area contributed by atoms with Crippen LogP contribution in [-0.4, -0.2) is 26.0 Å². The first kappa shape index (κ1) is 13.3. The van der Waals surface area contributed by atoms with E-state index in [4.69, 9.17) is 22.1 Å². The second-order valence-corrected chi connectivity index (χ2v) is 3.94. The Bertz CT molecular complexity index is 474. The van der Waals surface area contributed by atoms with Crippen LogP contribution in [0.2, 0.25) is 5.02 Å². The Morgan fingerprint density at radius 3 is 2.47 bits per heavy atom. The maximum Gasteiger partial charge on any atom is 0.315 e. The fourth-order valence-electron chi connectivity index (χ4n) is 1.50. The number of rotatable bonds is 2. The van der Waals surface area contributed by atoms with Crippen molar-refractivity contribution in [3.63, 3.8) is 0 Å². The molecule has 6 heteroatoms. The Hall–Kier alpha value is -1.75. The Balaban J connectivity index is 3.29.